The van der Waals surface area contributed by atoms with Crippen molar-refractivity contribution in [2.24, 2.45) is 0 Å². The van der Waals surface area contributed by atoms with Crippen molar-refractivity contribution in [1.82, 2.24) is 34.3 Å². The van der Waals surface area contributed by atoms with Gasteiger partial charge in [-0.3, -0.25) is 0 Å². The van der Waals surface area contributed by atoms with Crippen LogP contribution < -0.4 is 0 Å². The van der Waals surface area contributed by atoms with Gasteiger partial charge < -0.3 is 4.40 Å². The van der Waals surface area contributed by atoms with Gasteiger partial charge in [0, 0.05) is 54.9 Å². The second kappa shape index (κ2) is 15.6. The molecule has 0 fully saturated rings. The molecule has 10 aromatic carbocycles. The van der Waals surface area contributed by atoms with Gasteiger partial charge >= 0.3 is 0 Å². The Balaban J connectivity index is 0.945. The Hall–Kier alpha value is -9.46. The van der Waals surface area contributed by atoms with E-state index in [1.165, 1.54) is 27.1 Å². The lowest BCUT2D eigenvalue weighted by atomic mass is 9.93. The third-order valence-electron chi connectivity index (χ3n) is 13.4. The summed E-state index contributed by atoms with van der Waals surface area (Å²) >= 11 is 0. The summed E-state index contributed by atoms with van der Waals surface area (Å²) in [4.78, 5) is 30.6. The van der Waals surface area contributed by atoms with Crippen LogP contribution in [0.15, 0.2) is 224 Å². The molecular weight excluding hydrogens is 843 g/mol. The van der Waals surface area contributed by atoms with E-state index in [0.717, 1.165) is 77.1 Å². The number of aromatic nitrogens is 7. The highest BCUT2D eigenvalue weighted by atomic mass is 15.0. The molecule has 0 radical (unpaired) electrons. The normalized spacial score (nSPS) is 11.8. The lowest BCUT2D eigenvalue weighted by molar-refractivity contribution is 1.08. The average Bonchev–Trinajstić information content (AvgIpc) is 3.77. The molecule has 0 unspecified atom stereocenters. The number of hydrogen-bond donors (Lipinski definition) is 0. The molecule has 0 atom stereocenters. The molecule has 7 heteroatoms. The molecule has 14 aromatic rings. The molecule has 0 aliphatic rings. The molecule has 0 aliphatic carbocycles. The zero-order valence-electron chi connectivity index (χ0n) is 37.0. The summed E-state index contributed by atoms with van der Waals surface area (Å²) in [7, 11) is 0. The molecule has 0 bridgehead atoms. The Labute approximate surface area is 396 Å². The van der Waals surface area contributed by atoms with Crippen molar-refractivity contribution in [3.63, 3.8) is 0 Å². The SMILES string of the molecule is c1ccc(-c2nc(-c3ccc(-c4cc5c6ccc(-c7nc(-c8ccccc8)nc(-c8ccccc8)n7)c7cccc(c76)n6c7ccccc7c(c4)c56)cc3)nc(-c3cccc4ccccc34)n2)cc1. The number of hydrogen-bond acceptors (Lipinski definition) is 6. The van der Waals surface area contributed by atoms with Crippen LogP contribution in [0, 0.1) is 0 Å². The van der Waals surface area contributed by atoms with Crippen molar-refractivity contribution in [3.05, 3.63) is 224 Å². The highest BCUT2D eigenvalue weighted by Gasteiger charge is 2.22. The standard InChI is InChI=1S/C62H37N7/c1-4-17-40(18-5-1)57-63-58(41-19-6-2-7-20-41)67-62(66-57)50-35-34-48-52-37-44(36-51-46-25-12-13-28-53(46)69(56(51)52)54-29-15-26-47(50)55(48)54)38-30-32-43(33-31-38)60-64-59(42-21-8-3-9-22-42)65-61(68-60)49-27-14-23-39-16-10-11-24-45(39)49/h1-37H. The molecule has 4 heterocycles. The Morgan fingerprint density at radius 3 is 1.30 bits per heavy atom. The first-order valence-electron chi connectivity index (χ1n) is 23.1. The van der Waals surface area contributed by atoms with E-state index in [-0.39, 0.29) is 0 Å². The van der Waals surface area contributed by atoms with E-state index in [9.17, 15) is 0 Å². The molecule has 0 saturated carbocycles. The van der Waals surface area contributed by atoms with Crippen LogP contribution in [0.1, 0.15) is 0 Å². The van der Waals surface area contributed by atoms with Gasteiger partial charge in [-0.1, -0.05) is 194 Å². The van der Waals surface area contributed by atoms with Crippen LogP contribution in [0.3, 0.4) is 0 Å². The second-order valence-electron chi connectivity index (χ2n) is 17.4. The van der Waals surface area contributed by atoms with Crippen molar-refractivity contribution >= 4 is 59.6 Å². The summed E-state index contributed by atoms with van der Waals surface area (Å²) in [6, 6.07) is 78.2. The van der Waals surface area contributed by atoms with Gasteiger partial charge in [0.15, 0.2) is 34.9 Å². The third-order valence-corrected chi connectivity index (χ3v) is 13.4. The fourth-order valence-corrected chi connectivity index (χ4v) is 10.2. The number of nitrogens with zero attached hydrogens (tertiary/aromatic N) is 7. The van der Waals surface area contributed by atoms with Crippen LogP contribution in [-0.2, 0) is 0 Å². The van der Waals surface area contributed by atoms with Gasteiger partial charge in [0.05, 0.1) is 16.6 Å². The van der Waals surface area contributed by atoms with Gasteiger partial charge in [-0.25, -0.2) is 29.9 Å². The van der Waals surface area contributed by atoms with E-state index in [4.69, 9.17) is 29.9 Å². The van der Waals surface area contributed by atoms with Gasteiger partial charge in [-0.15, -0.1) is 0 Å². The topological polar surface area (TPSA) is 81.8 Å². The van der Waals surface area contributed by atoms with Crippen molar-refractivity contribution < 1.29 is 0 Å². The zero-order valence-corrected chi connectivity index (χ0v) is 37.0. The molecule has 0 aliphatic heterocycles. The molecule has 0 amide bonds. The summed E-state index contributed by atoms with van der Waals surface area (Å²) < 4.78 is 2.45. The Morgan fingerprint density at radius 2 is 0.681 bits per heavy atom. The summed E-state index contributed by atoms with van der Waals surface area (Å²) in [5.41, 5.74) is 11.4. The predicted octanol–water partition coefficient (Wildman–Crippen LogP) is 15.2. The van der Waals surface area contributed by atoms with Gasteiger partial charge in [0.25, 0.3) is 0 Å². The first-order chi connectivity index (χ1) is 34.2. The number of benzene rings is 10. The van der Waals surface area contributed by atoms with Crippen molar-refractivity contribution in [1.29, 1.82) is 0 Å². The van der Waals surface area contributed by atoms with E-state index in [0.29, 0.717) is 34.9 Å². The number of rotatable bonds is 7. The van der Waals surface area contributed by atoms with Crippen molar-refractivity contribution in [2.45, 2.75) is 0 Å². The van der Waals surface area contributed by atoms with Crippen molar-refractivity contribution in [2.75, 3.05) is 0 Å². The first kappa shape index (κ1) is 38.8. The molecule has 0 N–H and O–H groups in total. The molecular formula is C62H37N7. The van der Waals surface area contributed by atoms with Gasteiger partial charge in [-0.2, -0.15) is 0 Å². The lowest BCUT2D eigenvalue weighted by Gasteiger charge is -2.16. The lowest BCUT2D eigenvalue weighted by Crippen LogP contribution is -2.01. The van der Waals surface area contributed by atoms with Gasteiger partial charge in [0.2, 0.25) is 0 Å². The molecule has 4 aromatic heterocycles. The summed E-state index contributed by atoms with van der Waals surface area (Å²) in [6.45, 7) is 0. The smallest absolute Gasteiger partial charge is 0.164 e. The fourth-order valence-electron chi connectivity index (χ4n) is 10.2. The van der Waals surface area contributed by atoms with Crippen LogP contribution in [-0.4, -0.2) is 34.3 Å². The summed E-state index contributed by atoms with van der Waals surface area (Å²) in [6.07, 6.45) is 0. The summed E-state index contributed by atoms with van der Waals surface area (Å²) in [5, 5.41) is 9.23. The monoisotopic (exact) mass is 879 g/mol. The van der Waals surface area contributed by atoms with Crippen LogP contribution in [0.2, 0.25) is 0 Å². The van der Waals surface area contributed by atoms with E-state index in [1.54, 1.807) is 0 Å². The van der Waals surface area contributed by atoms with Crippen molar-refractivity contribution in [3.8, 4) is 79.5 Å². The molecule has 0 saturated heterocycles. The van der Waals surface area contributed by atoms with E-state index in [1.807, 2.05) is 91.0 Å². The van der Waals surface area contributed by atoms with Crippen LogP contribution in [0.25, 0.3) is 139 Å². The average molecular weight is 880 g/mol. The minimum absolute atomic E-state index is 0.621. The Bertz CT molecular complexity index is 4220. The van der Waals surface area contributed by atoms with Crippen LogP contribution >= 0.6 is 0 Å². The number of para-hydroxylation sites is 1. The quantitative estimate of drug-likeness (QED) is 0.117. The first-order valence-corrected chi connectivity index (χ1v) is 23.1. The van der Waals surface area contributed by atoms with Gasteiger partial charge in [-0.05, 0) is 63.0 Å². The molecule has 320 valence electrons. The minimum atomic E-state index is 0.621. The van der Waals surface area contributed by atoms with Crippen LogP contribution in [0.4, 0.5) is 0 Å². The maximum absolute atomic E-state index is 5.17. The highest BCUT2D eigenvalue weighted by molar-refractivity contribution is 6.29. The second-order valence-corrected chi connectivity index (χ2v) is 17.4. The molecule has 7 nitrogen and oxygen atoms in total. The number of fused-ring (bicyclic) bond motifs is 6. The predicted molar refractivity (Wildman–Crippen MR) is 281 cm³/mol. The van der Waals surface area contributed by atoms with Crippen LogP contribution in [0.5, 0.6) is 0 Å². The minimum Gasteiger partial charge on any atom is -0.308 e. The van der Waals surface area contributed by atoms with E-state index >= 15 is 0 Å². The van der Waals surface area contributed by atoms with E-state index < -0.39 is 0 Å². The maximum atomic E-state index is 5.17. The summed E-state index contributed by atoms with van der Waals surface area (Å²) in [5.74, 6) is 3.80. The number of pyridine rings is 1. The zero-order chi connectivity index (χ0) is 45.4. The highest BCUT2D eigenvalue weighted by Crippen LogP contribution is 2.45. The molecule has 69 heavy (non-hydrogen) atoms. The Morgan fingerprint density at radius 1 is 0.246 bits per heavy atom. The fraction of sp³-hybridized carbons (Fsp3) is 0. The molecule has 14 rings (SSSR count). The largest absolute Gasteiger partial charge is 0.308 e. The van der Waals surface area contributed by atoms with Gasteiger partial charge in [0.1, 0.15) is 0 Å². The third kappa shape index (κ3) is 6.36. The maximum Gasteiger partial charge on any atom is 0.164 e. The molecule has 0 spiro atoms. The van der Waals surface area contributed by atoms with E-state index in [2.05, 4.69) is 138 Å². The Kier molecular flexibility index (Phi) is 8.75.